The van der Waals surface area contributed by atoms with Crippen molar-refractivity contribution in [3.05, 3.63) is 83.1 Å². The maximum Gasteiger partial charge on any atom is 0.338 e. The molecule has 1 aromatic heterocycles. The van der Waals surface area contributed by atoms with Gasteiger partial charge in [-0.2, -0.15) is 4.98 Å². The van der Waals surface area contributed by atoms with Gasteiger partial charge in [0, 0.05) is 11.4 Å². The van der Waals surface area contributed by atoms with Gasteiger partial charge in [-0.05, 0) is 25.0 Å². The summed E-state index contributed by atoms with van der Waals surface area (Å²) in [5, 5.41) is 8.60. The summed E-state index contributed by atoms with van der Waals surface area (Å²) in [6.45, 7) is 4.00. The van der Waals surface area contributed by atoms with Gasteiger partial charge < -0.3 is 10.1 Å². The Hall–Kier alpha value is -3.06. The van der Waals surface area contributed by atoms with E-state index in [0.29, 0.717) is 23.3 Å². The summed E-state index contributed by atoms with van der Waals surface area (Å²) in [7, 11) is 0. The molecule has 0 bridgehead atoms. The molecule has 6 nitrogen and oxygen atoms in total. The lowest BCUT2D eigenvalue weighted by atomic mass is 9.96. The van der Waals surface area contributed by atoms with Crippen LogP contribution >= 0.6 is 11.8 Å². The van der Waals surface area contributed by atoms with Gasteiger partial charge in [0.1, 0.15) is 6.04 Å². The van der Waals surface area contributed by atoms with Crippen LogP contribution in [0.1, 0.15) is 31.0 Å². The minimum atomic E-state index is -0.384. The molecule has 0 fully saturated rings. The van der Waals surface area contributed by atoms with Crippen LogP contribution in [0.5, 0.6) is 0 Å². The predicted molar refractivity (Wildman–Crippen MR) is 114 cm³/mol. The van der Waals surface area contributed by atoms with Crippen molar-refractivity contribution in [1.29, 1.82) is 0 Å². The molecule has 0 saturated carbocycles. The number of thioether (sulfide) groups is 1. The lowest BCUT2D eigenvalue weighted by Gasteiger charge is -2.28. The third-order valence-corrected chi connectivity index (χ3v) is 5.56. The van der Waals surface area contributed by atoms with Crippen molar-refractivity contribution < 1.29 is 9.53 Å². The highest BCUT2D eigenvalue weighted by atomic mass is 32.2. The summed E-state index contributed by atoms with van der Waals surface area (Å²) in [4.78, 5) is 17.4. The van der Waals surface area contributed by atoms with Gasteiger partial charge in [-0.15, -0.1) is 5.10 Å². The fourth-order valence-corrected chi connectivity index (χ4v) is 4.12. The van der Waals surface area contributed by atoms with Crippen LogP contribution in [-0.2, 0) is 15.3 Å². The van der Waals surface area contributed by atoms with Crippen LogP contribution in [0.3, 0.4) is 0 Å². The topological polar surface area (TPSA) is 69.0 Å². The molecule has 2 heterocycles. The maximum atomic E-state index is 12.7. The molecule has 148 valence electrons. The third-order valence-electron chi connectivity index (χ3n) is 4.65. The van der Waals surface area contributed by atoms with Gasteiger partial charge in [-0.3, -0.25) is 0 Å². The number of esters is 1. The van der Waals surface area contributed by atoms with Gasteiger partial charge >= 0.3 is 5.97 Å². The molecule has 0 spiro atoms. The largest absolute Gasteiger partial charge is 0.463 e. The first-order valence-electron chi connectivity index (χ1n) is 9.50. The van der Waals surface area contributed by atoms with Gasteiger partial charge in [-0.25, -0.2) is 9.48 Å². The van der Waals surface area contributed by atoms with Crippen molar-refractivity contribution in [3.63, 3.8) is 0 Å². The van der Waals surface area contributed by atoms with Crippen molar-refractivity contribution in [3.8, 4) is 0 Å². The Bertz CT molecular complexity index is 1030. The molecule has 29 heavy (non-hydrogen) atoms. The zero-order chi connectivity index (χ0) is 20.2. The van der Waals surface area contributed by atoms with Crippen LogP contribution in [-0.4, -0.2) is 27.3 Å². The van der Waals surface area contributed by atoms with Crippen LogP contribution in [0.15, 0.2) is 77.1 Å². The number of hydrogen-bond donors (Lipinski definition) is 1. The van der Waals surface area contributed by atoms with Crippen molar-refractivity contribution >= 4 is 23.7 Å². The van der Waals surface area contributed by atoms with E-state index in [4.69, 9.17) is 9.84 Å². The van der Waals surface area contributed by atoms with Gasteiger partial charge in [0.15, 0.2) is 0 Å². The van der Waals surface area contributed by atoms with E-state index < -0.39 is 0 Å². The average Bonchev–Trinajstić information content (AvgIpc) is 3.15. The highest BCUT2D eigenvalue weighted by Crippen LogP contribution is 2.36. The minimum absolute atomic E-state index is 0.319. The Kier molecular flexibility index (Phi) is 5.67. The van der Waals surface area contributed by atoms with Crippen molar-refractivity contribution in [1.82, 2.24) is 14.8 Å². The molecule has 4 rings (SSSR count). The molecule has 0 aliphatic carbocycles. The Labute approximate surface area is 174 Å². The van der Waals surface area contributed by atoms with Crippen molar-refractivity contribution in [2.24, 2.45) is 0 Å². The van der Waals surface area contributed by atoms with Crippen LogP contribution in [0.2, 0.25) is 0 Å². The van der Waals surface area contributed by atoms with Gasteiger partial charge in [-0.1, -0.05) is 72.4 Å². The molecule has 0 amide bonds. The van der Waals surface area contributed by atoms with E-state index in [1.165, 1.54) is 5.56 Å². The van der Waals surface area contributed by atoms with E-state index in [0.717, 1.165) is 17.0 Å². The zero-order valence-electron chi connectivity index (χ0n) is 16.3. The summed E-state index contributed by atoms with van der Waals surface area (Å²) in [6, 6.07) is 19.7. The number of ether oxygens (including phenoxy) is 1. The summed E-state index contributed by atoms with van der Waals surface area (Å²) >= 11 is 1.57. The van der Waals surface area contributed by atoms with Crippen LogP contribution in [0.4, 0.5) is 5.95 Å². The Morgan fingerprint density at radius 2 is 1.83 bits per heavy atom. The lowest BCUT2D eigenvalue weighted by molar-refractivity contribution is -0.139. The van der Waals surface area contributed by atoms with E-state index >= 15 is 0 Å². The molecular weight excluding hydrogens is 384 g/mol. The van der Waals surface area contributed by atoms with E-state index in [1.54, 1.807) is 23.4 Å². The first kappa shape index (κ1) is 19.3. The highest BCUT2D eigenvalue weighted by molar-refractivity contribution is 7.98. The first-order valence-corrected chi connectivity index (χ1v) is 10.5. The van der Waals surface area contributed by atoms with Gasteiger partial charge in [0.05, 0.1) is 12.2 Å². The highest BCUT2D eigenvalue weighted by Gasteiger charge is 2.35. The molecule has 2 aromatic carbocycles. The molecule has 0 unspecified atom stereocenters. The van der Waals surface area contributed by atoms with E-state index in [1.807, 2.05) is 55.5 Å². The molecule has 3 aromatic rings. The van der Waals surface area contributed by atoms with Crippen LogP contribution in [0.25, 0.3) is 0 Å². The normalized spacial score (nSPS) is 15.6. The third kappa shape index (κ3) is 4.05. The SMILES string of the molecule is CCOC(=O)C1=C(C)Nc2nc(SCc3ccccc3)nn2[C@H]1c1ccccc1. The second-order valence-corrected chi connectivity index (χ2v) is 7.58. The number of aromatic nitrogens is 3. The zero-order valence-corrected chi connectivity index (χ0v) is 17.1. The maximum absolute atomic E-state index is 12.7. The molecule has 7 heteroatoms. The summed E-state index contributed by atoms with van der Waals surface area (Å²) < 4.78 is 7.11. The number of anilines is 1. The number of rotatable bonds is 6. The number of carbonyl (C=O) groups is 1. The minimum Gasteiger partial charge on any atom is -0.463 e. The first-order chi connectivity index (χ1) is 14.2. The Morgan fingerprint density at radius 3 is 2.52 bits per heavy atom. The second kappa shape index (κ2) is 8.53. The number of fused-ring (bicyclic) bond motifs is 1. The summed E-state index contributed by atoms with van der Waals surface area (Å²) in [5.41, 5.74) is 3.45. The van der Waals surface area contributed by atoms with Gasteiger partial charge in [0.25, 0.3) is 0 Å². The fourth-order valence-electron chi connectivity index (χ4n) is 3.33. The Morgan fingerprint density at radius 1 is 1.14 bits per heavy atom. The van der Waals surface area contributed by atoms with Gasteiger partial charge in [0.2, 0.25) is 11.1 Å². The lowest BCUT2D eigenvalue weighted by Crippen LogP contribution is -2.29. The molecule has 0 radical (unpaired) electrons. The second-order valence-electron chi connectivity index (χ2n) is 6.63. The molecule has 1 atom stereocenters. The smallest absolute Gasteiger partial charge is 0.338 e. The fraction of sp³-hybridized carbons (Fsp3) is 0.227. The summed E-state index contributed by atoms with van der Waals surface area (Å²) in [5.74, 6) is 1.06. The average molecular weight is 407 g/mol. The summed E-state index contributed by atoms with van der Waals surface area (Å²) in [6.07, 6.45) is 0. The molecule has 1 aliphatic rings. The number of allylic oxidation sites excluding steroid dienone is 1. The van der Waals surface area contributed by atoms with E-state index in [2.05, 4.69) is 22.4 Å². The molecule has 1 aliphatic heterocycles. The predicted octanol–water partition coefficient (Wildman–Crippen LogP) is 4.42. The quantitative estimate of drug-likeness (QED) is 0.483. The monoisotopic (exact) mass is 406 g/mol. The van der Waals surface area contributed by atoms with Crippen molar-refractivity contribution in [2.75, 3.05) is 11.9 Å². The number of hydrogen-bond acceptors (Lipinski definition) is 6. The standard InChI is InChI=1S/C22H22N4O2S/c1-3-28-20(27)18-15(2)23-21-24-22(29-14-16-10-6-4-7-11-16)25-26(21)19(18)17-12-8-5-9-13-17/h4-13,19H,3,14H2,1-2H3,(H,23,24,25)/t19-/m0/s1. The molecular formula is C22H22N4O2S. The molecule has 1 N–H and O–H groups in total. The van der Waals surface area contributed by atoms with E-state index in [9.17, 15) is 4.79 Å². The van der Waals surface area contributed by atoms with Crippen molar-refractivity contribution in [2.45, 2.75) is 30.8 Å². The number of nitrogens with zero attached hydrogens (tertiary/aromatic N) is 3. The molecule has 0 saturated heterocycles. The van der Waals surface area contributed by atoms with Crippen LogP contribution in [0, 0.1) is 0 Å². The Balaban J connectivity index is 1.68. The number of benzene rings is 2. The number of nitrogens with one attached hydrogen (secondary N) is 1. The van der Waals surface area contributed by atoms with Crippen LogP contribution < -0.4 is 5.32 Å². The van der Waals surface area contributed by atoms with E-state index in [-0.39, 0.29) is 12.0 Å². The number of carbonyl (C=O) groups excluding carboxylic acids is 1.